The van der Waals surface area contributed by atoms with E-state index in [-0.39, 0.29) is 16.9 Å². The van der Waals surface area contributed by atoms with Crippen LogP contribution in [0.15, 0.2) is 127 Å². The summed E-state index contributed by atoms with van der Waals surface area (Å²) in [7, 11) is 4.40. The number of benzene rings is 3. The minimum Gasteiger partial charge on any atom is -0.367 e. The molecule has 3 aromatic carbocycles. The molecule has 0 bridgehead atoms. The molecule has 0 fully saturated rings. The zero-order chi connectivity index (χ0) is 31.1. The lowest BCUT2D eigenvalue weighted by Gasteiger charge is -2.29. The van der Waals surface area contributed by atoms with Gasteiger partial charge in [0.05, 0.1) is 6.04 Å². The van der Waals surface area contributed by atoms with Crippen LogP contribution < -0.4 is 14.4 Å². The van der Waals surface area contributed by atoms with E-state index in [4.69, 9.17) is 11.6 Å². The van der Waals surface area contributed by atoms with Gasteiger partial charge in [0.1, 0.15) is 0 Å². The zero-order valence-corrected chi connectivity index (χ0v) is 27.5. The number of pyridine rings is 1. The Morgan fingerprint density at radius 1 is 0.795 bits per heavy atom. The van der Waals surface area contributed by atoms with Gasteiger partial charge >= 0.3 is 0 Å². The minimum atomic E-state index is -0.0787. The van der Waals surface area contributed by atoms with Crippen molar-refractivity contribution in [3.63, 3.8) is 0 Å². The topological polar surface area (TPSA) is 10.4 Å². The molecule has 2 aliphatic heterocycles. The molecule has 3 nitrogen and oxygen atoms in total. The van der Waals surface area contributed by atoms with Crippen molar-refractivity contribution in [2.45, 2.75) is 57.0 Å². The first-order valence-electron chi connectivity index (χ1n) is 15.5. The van der Waals surface area contributed by atoms with E-state index >= 15 is 0 Å². The predicted octanol–water partition coefficient (Wildman–Crippen LogP) is 8.81. The third-order valence-electron chi connectivity index (χ3n) is 9.72. The second-order valence-corrected chi connectivity index (χ2v) is 13.5. The Labute approximate surface area is 268 Å². The van der Waals surface area contributed by atoms with Crippen LogP contribution in [0.4, 0.5) is 11.4 Å². The van der Waals surface area contributed by atoms with Gasteiger partial charge in [-0.25, -0.2) is 4.57 Å². The summed E-state index contributed by atoms with van der Waals surface area (Å²) in [5.74, 6) is 0.542. The number of likely N-dealkylation sites (N-methyl/N-ethyl adjacent to an activating group) is 2. The third-order valence-corrected chi connectivity index (χ3v) is 10.0. The number of para-hydroxylation sites is 2. The number of hydrogen-bond acceptors (Lipinski definition) is 2. The van der Waals surface area contributed by atoms with Gasteiger partial charge in [-0.15, -0.1) is 11.6 Å². The number of anilines is 2. The molecule has 1 atom stereocenters. The highest BCUT2D eigenvalue weighted by Crippen LogP contribution is 2.47. The van der Waals surface area contributed by atoms with Gasteiger partial charge in [-0.05, 0) is 46.0 Å². The average molecular weight is 601 g/mol. The van der Waals surface area contributed by atoms with Crippen LogP contribution >= 0.6 is 11.6 Å². The highest BCUT2D eigenvalue weighted by molar-refractivity contribution is 6.17. The van der Waals surface area contributed by atoms with Crippen LogP contribution in [0.3, 0.4) is 0 Å². The Bertz CT molecular complexity index is 1740. The Balaban J connectivity index is 1.35. The molecule has 1 aromatic heterocycles. The quantitative estimate of drug-likeness (QED) is 0.119. The molecular formula is C40H43ClN3+. The minimum absolute atomic E-state index is 0.000551. The summed E-state index contributed by atoms with van der Waals surface area (Å²) < 4.78 is 2.23. The number of allylic oxidation sites excluding steroid dienone is 5. The number of hydrogen-bond donors (Lipinski definition) is 0. The van der Waals surface area contributed by atoms with E-state index in [2.05, 4.69) is 178 Å². The summed E-state index contributed by atoms with van der Waals surface area (Å²) in [4.78, 5) is 4.76. The zero-order valence-electron chi connectivity index (χ0n) is 26.8. The summed E-state index contributed by atoms with van der Waals surface area (Å²) in [6, 6.07) is 30.8. The third kappa shape index (κ3) is 5.39. The molecule has 0 saturated carbocycles. The summed E-state index contributed by atoms with van der Waals surface area (Å²) >= 11 is 5.99. The highest BCUT2D eigenvalue weighted by atomic mass is 35.5. The molecule has 0 aliphatic carbocycles. The molecule has 2 aliphatic rings. The highest BCUT2D eigenvalue weighted by Gasteiger charge is 2.41. The smallest absolute Gasteiger partial charge is 0.173 e. The van der Waals surface area contributed by atoms with Crippen molar-refractivity contribution in [3.05, 3.63) is 155 Å². The Morgan fingerprint density at radius 2 is 1.41 bits per heavy atom. The van der Waals surface area contributed by atoms with E-state index in [0.717, 1.165) is 12.1 Å². The molecule has 224 valence electrons. The fraction of sp³-hybridized carbons (Fsp3) is 0.275. The van der Waals surface area contributed by atoms with Crippen LogP contribution in [0.2, 0.25) is 0 Å². The van der Waals surface area contributed by atoms with Gasteiger partial charge in [0.15, 0.2) is 18.9 Å². The molecule has 0 amide bonds. The molecule has 4 aromatic rings. The molecule has 0 radical (unpaired) electrons. The molecule has 4 heteroatoms. The van der Waals surface area contributed by atoms with E-state index in [1.165, 1.54) is 44.9 Å². The van der Waals surface area contributed by atoms with Crippen molar-refractivity contribution in [2.24, 2.45) is 0 Å². The number of alkyl halides is 1. The molecule has 0 saturated heterocycles. The second-order valence-electron chi connectivity index (χ2n) is 13.2. The molecule has 0 unspecified atom stereocenters. The maximum absolute atomic E-state index is 5.99. The van der Waals surface area contributed by atoms with Crippen LogP contribution in [0.5, 0.6) is 0 Å². The van der Waals surface area contributed by atoms with Gasteiger partial charge in [0.2, 0.25) is 0 Å². The Morgan fingerprint density at radius 3 is 2.05 bits per heavy atom. The number of nitrogens with zero attached hydrogens (tertiary/aromatic N) is 3. The number of fused-ring (bicyclic) bond motifs is 2. The van der Waals surface area contributed by atoms with Crippen LogP contribution in [0.1, 0.15) is 55.5 Å². The first-order valence-corrected chi connectivity index (χ1v) is 16.0. The molecule has 0 spiro atoms. The van der Waals surface area contributed by atoms with Gasteiger partial charge in [-0.1, -0.05) is 107 Å². The Kier molecular flexibility index (Phi) is 8.02. The molecule has 3 heterocycles. The molecule has 44 heavy (non-hydrogen) atoms. The lowest BCUT2D eigenvalue weighted by atomic mass is 9.80. The Hall–Kier alpha value is -4.08. The first kappa shape index (κ1) is 30.0. The SMILES string of the molecule is CN1/C(=C/C=C(/C=C/[C@@H]2N(C)c3ccccc3C2(C)C)c2cc[n+](Cc3ccc(CCl)cc3)cc2)C(C)(C)c2ccccc21. The largest absolute Gasteiger partial charge is 0.367 e. The standard InChI is InChI=1S/C40H43ClN3/c1-39(2)33-11-7-9-13-35(33)42(5)37(39)21-19-31(20-22-38-40(3,4)34-12-8-10-14-36(34)43(38)6)32-23-25-44(26-24-32)28-30-17-15-29(27-41)16-18-30/h7-26,37H,27-28H2,1-6H3/q+1/b21-19+/t37-/m0/s1. The van der Waals surface area contributed by atoms with Crippen LogP contribution in [0, 0.1) is 0 Å². The normalized spacial score (nSPS) is 19.6. The van der Waals surface area contributed by atoms with Gasteiger partial charge in [0.25, 0.3) is 0 Å². The van der Waals surface area contributed by atoms with Crippen molar-refractivity contribution in [1.29, 1.82) is 0 Å². The van der Waals surface area contributed by atoms with Gasteiger partial charge in [-0.2, -0.15) is 0 Å². The van der Waals surface area contributed by atoms with E-state index in [9.17, 15) is 0 Å². The van der Waals surface area contributed by atoms with E-state index < -0.39 is 0 Å². The monoisotopic (exact) mass is 600 g/mol. The van der Waals surface area contributed by atoms with Crippen molar-refractivity contribution in [3.8, 4) is 0 Å². The van der Waals surface area contributed by atoms with Crippen molar-refractivity contribution < 1.29 is 4.57 Å². The fourth-order valence-corrected chi connectivity index (χ4v) is 7.28. The number of aromatic nitrogens is 1. The maximum atomic E-state index is 5.99. The van der Waals surface area contributed by atoms with Crippen LogP contribution in [-0.2, 0) is 23.3 Å². The summed E-state index contributed by atoms with van der Waals surface area (Å²) in [6.45, 7) is 10.2. The van der Waals surface area contributed by atoms with Crippen LogP contribution in [0.25, 0.3) is 5.57 Å². The predicted molar refractivity (Wildman–Crippen MR) is 186 cm³/mol. The second kappa shape index (κ2) is 11.8. The number of halogens is 1. The van der Waals surface area contributed by atoms with Gasteiger partial charge in [-0.3, -0.25) is 0 Å². The van der Waals surface area contributed by atoms with Gasteiger partial charge < -0.3 is 9.80 Å². The van der Waals surface area contributed by atoms with E-state index in [1.54, 1.807) is 0 Å². The molecule has 6 rings (SSSR count). The van der Waals surface area contributed by atoms with Gasteiger partial charge in [0, 0.05) is 65.6 Å². The summed E-state index contributed by atoms with van der Waals surface area (Å²) in [6.07, 6.45) is 13.7. The van der Waals surface area contributed by atoms with E-state index in [1.807, 2.05) is 0 Å². The lowest BCUT2D eigenvalue weighted by Crippen LogP contribution is -2.37. The van der Waals surface area contributed by atoms with Crippen LogP contribution in [-0.4, -0.2) is 20.1 Å². The number of rotatable bonds is 7. The van der Waals surface area contributed by atoms with Crippen molar-refractivity contribution >= 4 is 28.5 Å². The average Bonchev–Trinajstić information content (AvgIpc) is 3.35. The maximum Gasteiger partial charge on any atom is 0.173 e. The first-order chi connectivity index (χ1) is 21.1. The molecule has 0 N–H and O–H groups in total. The van der Waals surface area contributed by atoms with Crippen molar-refractivity contribution in [2.75, 3.05) is 23.9 Å². The summed E-state index contributed by atoms with van der Waals surface area (Å²) in [5.41, 5.74) is 11.4. The van der Waals surface area contributed by atoms with Crippen molar-refractivity contribution in [1.82, 2.24) is 0 Å². The van der Waals surface area contributed by atoms with E-state index in [0.29, 0.717) is 5.88 Å². The summed E-state index contributed by atoms with van der Waals surface area (Å²) in [5, 5.41) is 0. The lowest BCUT2D eigenvalue weighted by molar-refractivity contribution is -0.688. The fourth-order valence-electron chi connectivity index (χ4n) is 7.10. The molecular weight excluding hydrogens is 558 g/mol.